The lowest BCUT2D eigenvalue weighted by molar-refractivity contribution is 1.28. The van der Waals surface area contributed by atoms with Gasteiger partial charge in [-0.3, -0.25) is 0 Å². The molecule has 0 radical (unpaired) electrons. The number of hydrogen-bond acceptors (Lipinski definition) is 3. The Labute approximate surface area is 863 Å². The summed E-state index contributed by atoms with van der Waals surface area (Å²) in [6.45, 7) is 0. The van der Waals surface area contributed by atoms with Crippen molar-refractivity contribution in [2.24, 2.45) is 0 Å². The monoisotopic (exact) mass is 1880 g/mol. The fourth-order valence-corrected chi connectivity index (χ4v) is 20.0. The lowest BCUT2D eigenvalue weighted by atomic mass is 9.87. The molecule has 0 spiro atoms. The molecule has 0 amide bonds. The van der Waals surface area contributed by atoms with Crippen LogP contribution in [0.2, 0.25) is 0 Å². The summed E-state index contributed by atoms with van der Waals surface area (Å²) < 4.78 is 0. The Morgan fingerprint density at radius 2 is 0.238 bits per heavy atom. The van der Waals surface area contributed by atoms with Gasteiger partial charge in [0.1, 0.15) is 0 Å². The first-order valence-corrected chi connectivity index (χ1v) is 50.3. The lowest BCUT2D eigenvalue weighted by Crippen LogP contribution is -2.10. The Morgan fingerprint density at radius 3 is 0.510 bits per heavy atom. The summed E-state index contributed by atoms with van der Waals surface area (Å²) in [6.07, 6.45) is 0. The van der Waals surface area contributed by atoms with E-state index in [9.17, 15) is 0 Å². The third-order valence-electron chi connectivity index (χ3n) is 27.3. The molecule has 696 valence electrons. The second-order valence-electron chi connectivity index (χ2n) is 36.5. The lowest BCUT2D eigenvalue weighted by Gasteiger charge is -2.27. The number of anilines is 9. The molecular formula is C144H105N3. The Bertz CT molecular complexity index is 8190. The topological polar surface area (TPSA) is 9.72 Å². The zero-order valence-corrected chi connectivity index (χ0v) is 81.5. The molecule has 3 nitrogen and oxygen atoms in total. The van der Waals surface area contributed by atoms with E-state index in [1.54, 1.807) is 0 Å². The van der Waals surface area contributed by atoms with Crippen molar-refractivity contribution in [2.75, 3.05) is 14.7 Å². The van der Waals surface area contributed by atoms with Gasteiger partial charge in [-0.25, -0.2) is 0 Å². The van der Waals surface area contributed by atoms with Gasteiger partial charge in [0.05, 0.1) is 0 Å². The minimum atomic E-state index is 1.10. The van der Waals surface area contributed by atoms with Gasteiger partial charge in [0.15, 0.2) is 0 Å². The summed E-state index contributed by atoms with van der Waals surface area (Å²) in [7, 11) is 0. The van der Waals surface area contributed by atoms with Gasteiger partial charge < -0.3 is 14.7 Å². The Balaban J connectivity index is 0.000000125. The first-order valence-electron chi connectivity index (χ1n) is 50.3. The Kier molecular flexibility index (Phi) is 28.2. The molecule has 0 saturated heterocycles. The van der Waals surface area contributed by atoms with Gasteiger partial charge in [0, 0.05) is 51.2 Å². The van der Waals surface area contributed by atoms with Crippen LogP contribution < -0.4 is 14.7 Å². The molecule has 0 heterocycles. The van der Waals surface area contributed by atoms with E-state index < -0.39 is 0 Å². The second-order valence-corrected chi connectivity index (χ2v) is 36.5. The number of benzene rings is 24. The molecule has 3 heteroatoms. The molecule has 0 bridgehead atoms. The minimum Gasteiger partial charge on any atom is -0.310 e. The molecule has 24 aromatic carbocycles. The van der Waals surface area contributed by atoms with E-state index in [1.807, 2.05) is 0 Å². The highest BCUT2D eigenvalue weighted by Crippen LogP contribution is 2.49. The van der Waals surface area contributed by atoms with Gasteiger partial charge in [-0.05, 0) is 282 Å². The van der Waals surface area contributed by atoms with E-state index in [2.05, 4.69) is 652 Å². The van der Waals surface area contributed by atoms with Gasteiger partial charge in [-0.2, -0.15) is 0 Å². The molecule has 0 aliphatic heterocycles. The summed E-state index contributed by atoms with van der Waals surface area (Å²) in [4.78, 5) is 7.07. The number of hydrogen-bond donors (Lipinski definition) is 0. The highest BCUT2D eigenvalue weighted by molar-refractivity contribution is 5.98. The van der Waals surface area contributed by atoms with Crippen LogP contribution in [0.15, 0.2) is 637 Å². The summed E-state index contributed by atoms with van der Waals surface area (Å²) in [6, 6.07) is 228. The van der Waals surface area contributed by atoms with Crippen LogP contribution in [0.25, 0.3) is 167 Å². The summed E-state index contributed by atoms with van der Waals surface area (Å²) in [5.41, 5.74) is 46.0. The molecule has 24 aromatic rings. The highest BCUT2D eigenvalue weighted by atomic mass is 15.2. The molecule has 0 aliphatic rings. The largest absolute Gasteiger partial charge is 0.310 e. The normalized spacial score (nSPS) is 10.9. The SMILES string of the molecule is c1ccc(-c2ccc(N(c3ccc(-c4ccccc4)cc3)c3cccc(-c4ccc(-c5ccccc5)cc4-c4ccccc4)c3)cc2)cc1.c1ccc(-c2ccc(N(c3ccc(-c4ccccc4)cc3)c3cccc(-c4cccc(-c5ccccc5)c4-c4ccccc4)c3)cc2)cc1.c1ccc(-c2ccc(N(c3ccc(-c4ccccc4)cc3)c3cccc(-c4ccccc4-c4ccccc4-c4ccccc4)c3)cc2)cc1. The van der Waals surface area contributed by atoms with Crippen LogP contribution in [0.4, 0.5) is 51.2 Å². The molecular weight excluding hydrogens is 1770 g/mol. The van der Waals surface area contributed by atoms with Crippen molar-refractivity contribution in [3.8, 4) is 167 Å². The van der Waals surface area contributed by atoms with Crippen molar-refractivity contribution in [2.45, 2.75) is 0 Å². The fraction of sp³-hybridized carbons (Fsp3) is 0. The standard InChI is InChI=1S/3C48H35N/c1-5-15-36(16-6-1)38-27-31-43(32-28-38)49(44-33-29-39(30-34-44)37-17-7-2-8-18-37)45-24-13-23-42(35-45)47-26-14-25-46(40-19-9-3-10-20-40)48(47)41-21-11-4-12-22-41;1-5-14-36(15-6-1)39-24-29-44(30-25-39)49(45-31-26-40(27-32-45)37-16-7-2-8-17-37)46-23-13-22-43(34-46)47-33-28-42(38-18-9-3-10-19-38)35-48(47)41-20-11-4-12-21-41;1-4-15-36(16-5-1)38-27-31-42(32-28-38)49(43-33-29-39(30-34-43)37-17-6-2-7-18-37)44-22-14-21-41(35-44)46-24-11-13-26-48(46)47-25-12-10-23-45(47)40-19-8-3-9-20-40/h3*1-35H. The third-order valence-corrected chi connectivity index (χ3v) is 27.3. The summed E-state index contributed by atoms with van der Waals surface area (Å²) >= 11 is 0. The molecule has 0 unspecified atom stereocenters. The van der Waals surface area contributed by atoms with Crippen molar-refractivity contribution in [3.63, 3.8) is 0 Å². The van der Waals surface area contributed by atoms with E-state index in [-0.39, 0.29) is 0 Å². The smallest absolute Gasteiger partial charge is 0.0467 e. The average molecular weight is 1880 g/mol. The molecule has 0 saturated carbocycles. The molecule has 0 aliphatic carbocycles. The van der Waals surface area contributed by atoms with Crippen LogP contribution in [-0.4, -0.2) is 0 Å². The maximum atomic E-state index is 2.36. The first kappa shape index (κ1) is 92.7. The van der Waals surface area contributed by atoms with Crippen LogP contribution in [0.1, 0.15) is 0 Å². The molecule has 0 fully saturated rings. The van der Waals surface area contributed by atoms with Gasteiger partial charge in [0.2, 0.25) is 0 Å². The predicted molar refractivity (Wildman–Crippen MR) is 625 cm³/mol. The van der Waals surface area contributed by atoms with Crippen molar-refractivity contribution >= 4 is 51.2 Å². The quantitative estimate of drug-likeness (QED) is 0.0597. The van der Waals surface area contributed by atoms with Crippen LogP contribution in [-0.2, 0) is 0 Å². The van der Waals surface area contributed by atoms with Crippen molar-refractivity contribution < 1.29 is 0 Å². The maximum Gasteiger partial charge on any atom is 0.0467 e. The van der Waals surface area contributed by atoms with Gasteiger partial charge >= 0.3 is 0 Å². The minimum absolute atomic E-state index is 1.10. The van der Waals surface area contributed by atoms with Gasteiger partial charge in [-0.1, -0.05) is 522 Å². The van der Waals surface area contributed by atoms with E-state index in [4.69, 9.17) is 0 Å². The fourth-order valence-electron chi connectivity index (χ4n) is 20.0. The van der Waals surface area contributed by atoms with Crippen molar-refractivity contribution in [1.29, 1.82) is 0 Å². The second kappa shape index (κ2) is 44.7. The van der Waals surface area contributed by atoms with Gasteiger partial charge in [-0.15, -0.1) is 0 Å². The van der Waals surface area contributed by atoms with Crippen LogP contribution >= 0.6 is 0 Å². The van der Waals surface area contributed by atoms with Crippen LogP contribution in [0.3, 0.4) is 0 Å². The van der Waals surface area contributed by atoms with Crippen molar-refractivity contribution in [3.05, 3.63) is 637 Å². The zero-order valence-electron chi connectivity index (χ0n) is 81.5. The van der Waals surface area contributed by atoms with E-state index in [0.29, 0.717) is 0 Å². The molecule has 0 N–H and O–H groups in total. The Morgan fingerprint density at radius 1 is 0.0748 bits per heavy atom. The third kappa shape index (κ3) is 21.4. The molecule has 147 heavy (non-hydrogen) atoms. The number of nitrogens with zero attached hydrogens (tertiary/aromatic N) is 3. The predicted octanol–water partition coefficient (Wildman–Crippen LogP) is 40.5. The van der Waals surface area contributed by atoms with Crippen LogP contribution in [0, 0.1) is 0 Å². The molecule has 0 atom stereocenters. The van der Waals surface area contributed by atoms with Crippen LogP contribution in [0.5, 0.6) is 0 Å². The average Bonchev–Trinajstić information content (AvgIpc) is 0.772. The van der Waals surface area contributed by atoms with E-state index in [0.717, 1.165) is 51.2 Å². The van der Waals surface area contributed by atoms with E-state index >= 15 is 0 Å². The molecule has 24 rings (SSSR count). The van der Waals surface area contributed by atoms with Crippen molar-refractivity contribution in [1.82, 2.24) is 0 Å². The summed E-state index contributed by atoms with van der Waals surface area (Å²) in [5, 5.41) is 0. The molecule has 0 aromatic heterocycles. The van der Waals surface area contributed by atoms with Gasteiger partial charge in [0.25, 0.3) is 0 Å². The van der Waals surface area contributed by atoms with E-state index in [1.165, 1.54) is 167 Å². The maximum absolute atomic E-state index is 2.36. The summed E-state index contributed by atoms with van der Waals surface area (Å²) in [5.74, 6) is 0. The zero-order chi connectivity index (χ0) is 98.5. The highest BCUT2D eigenvalue weighted by Gasteiger charge is 2.24. The first-order chi connectivity index (χ1) is 72.9. The Hall–Kier alpha value is -19.3. The number of rotatable bonds is 24.